The van der Waals surface area contributed by atoms with Gasteiger partial charge in [-0.25, -0.2) is 4.79 Å². The number of esters is 1. The Bertz CT molecular complexity index is 676. The Hall–Kier alpha value is -1.95. The number of amides is 1. The summed E-state index contributed by atoms with van der Waals surface area (Å²) >= 11 is 3.47. The Balaban J connectivity index is 2.07. The van der Waals surface area contributed by atoms with Gasteiger partial charge in [0.1, 0.15) is 0 Å². The summed E-state index contributed by atoms with van der Waals surface area (Å²) in [6.45, 7) is 0. The van der Waals surface area contributed by atoms with Crippen LogP contribution in [0.3, 0.4) is 0 Å². The number of para-hydroxylation sites is 1. The summed E-state index contributed by atoms with van der Waals surface area (Å²) in [4.78, 5) is 28.2. The lowest BCUT2D eigenvalue weighted by atomic mass is 10.1. The molecule has 0 aliphatic heterocycles. The van der Waals surface area contributed by atoms with Gasteiger partial charge in [0, 0.05) is 16.5 Å². The summed E-state index contributed by atoms with van der Waals surface area (Å²) < 4.78 is 5.31. The first-order valence-corrected chi connectivity index (χ1v) is 6.84. The Morgan fingerprint density at radius 1 is 1.40 bits per heavy atom. The van der Waals surface area contributed by atoms with Crippen molar-refractivity contribution < 1.29 is 19.3 Å². The molecular weight excluding hydrogens is 324 g/mol. The van der Waals surface area contributed by atoms with Crippen molar-refractivity contribution in [1.82, 2.24) is 4.98 Å². The number of aromatic nitrogens is 1. The van der Waals surface area contributed by atoms with Crippen molar-refractivity contribution in [1.29, 1.82) is 0 Å². The van der Waals surface area contributed by atoms with Gasteiger partial charge < -0.3 is 9.72 Å². The molecule has 2 aromatic rings. The number of rotatable bonds is 4. The molecule has 104 valence electrons. The highest BCUT2D eigenvalue weighted by Gasteiger charge is 2.13. The lowest BCUT2D eigenvalue weighted by Crippen LogP contribution is -2.74. The Labute approximate surface area is 124 Å². The first-order chi connectivity index (χ1) is 9.61. The zero-order valence-corrected chi connectivity index (χ0v) is 12.5. The molecule has 0 atom stereocenters. The van der Waals surface area contributed by atoms with Crippen LogP contribution in [0.15, 0.2) is 28.9 Å². The summed E-state index contributed by atoms with van der Waals surface area (Å²) in [6, 6.07) is 7.91. The second-order valence-corrected chi connectivity index (χ2v) is 4.98. The fraction of sp³-hybridized carbons (Fsp3) is 0.214. The SMILES string of the molecule is COC(=O)CC(=O)[NH+]=CCc1c(Br)[nH]c2ccccc12. The second-order valence-electron chi connectivity index (χ2n) is 4.19. The average Bonchev–Trinajstić information content (AvgIpc) is 2.75. The van der Waals surface area contributed by atoms with Crippen LogP contribution in [-0.2, 0) is 20.7 Å². The van der Waals surface area contributed by atoms with Crippen LogP contribution < -0.4 is 4.99 Å². The second kappa shape index (κ2) is 6.47. The summed E-state index contributed by atoms with van der Waals surface area (Å²) in [5, 5.41) is 1.10. The number of nitrogens with one attached hydrogen (secondary N) is 2. The van der Waals surface area contributed by atoms with E-state index in [0.717, 1.165) is 21.1 Å². The Morgan fingerprint density at radius 2 is 2.15 bits per heavy atom. The summed E-state index contributed by atoms with van der Waals surface area (Å²) in [6.07, 6.45) is 1.91. The van der Waals surface area contributed by atoms with Crippen molar-refractivity contribution in [2.24, 2.45) is 0 Å². The van der Waals surface area contributed by atoms with Crippen LogP contribution in [0.5, 0.6) is 0 Å². The van der Waals surface area contributed by atoms with Crippen LogP contribution in [0.1, 0.15) is 12.0 Å². The van der Waals surface area contributed by atoms with Crippen LogP contribution in [0, 0.1) is 0 Å². The molecule has 1 aromatic heterocycles. The van der Waals surface area contributed by atoms with E-state index in [1.807, 2.05) is 24.3 Å². The zero-order chi connectivity index (χ0) is 14.5. The van der Waals surface area contributed by atoms with Gasteiger partial charge in [0.15, 0.2) is 12.6 Å². The first kappa shape index (κ1) is 14.5. The van der Waals surface area contributed by atoms with E-state index in [1.165, 1.54) is 7.11 Å². The predicted molar refractivity (Wildman–Crippen MR) is 78.4 cm³/mol. The van der Waals surface area contributed by atoms with E-state index >= 15 is 0 Å². The summed E-state index contributed by atoms with van der Waals surface area (Å²) in [7, 11) is 1.25. The fourth-order valence-electron chi connectivity index (χ4n) is 1.89. The molecule has 2 N–H and O–H groups in total. The highest BCUT2D eigenvalue weighted by atomic mass is 79.9. The van der Waals surface area contributed by atoms with E-state index < -0.39 is 5.97 Å². The molecule has 0 unspecified atom stereocenters. The number of halogens is 1. The number of carbonyl (C=O) groups excluding carboxylic acids is 2. The van der Waals surface area contributed by atoms with E-state index in [1.54, 1.807) is 6.21 Å². The molecule has 5 nitrogen and oxygen atoms in total. The Morgan fingerprint density at radius 3 is 2.90 bits per heavy atom. The molecule has 0 fully saturated rings. The zero-order valence-electron chi connectivity index (χ0n) is 10.9. The van der Waals surface area contributed by atoms with E-state index in [-0.39, 0.29) is 12.3 Å². The minimum atomic E-state index is -0.552. The third kappa shape index (κ3) is 3.33. The topological polar surface area (TPSA) is 73.1 Å². The van der Waals surface area contributed by atoms with Crippen LogP contribution in [0.2, 0.25) is 0 Å². The van der Waals surface area contributed by atoms with Crippen molar-refractivity contribution in [3.63, 3.8) is 0 Å². The average molecular weight is 338 g/mol. The number of hydrogen-bond acceptors (Lipinski definition) is 3. The molecule has 0 saturated carbocycles. The standard InChI is InChI=1S/C14H13BrN2O3/c1-20-13(19)8-12(18)16-7-6-10-9-4-2-3-5-11(9)17-14(10)15/h2-5,7,17H,6,8H2,1H3/p+1. The summed E-state index contributed by atoms with van der Waals surface area (Å²) in [5.41, 5.74) is 2.09. The molecule has 2 rings (SSSR count). The molecule has 1 aromatic carbocycles. The van der Waals surface area contributed by atoms with Crippen LogP contribution in [0.4, 0.5) is 0 Å². The van der Waals surface area contributed by atoms with Gasteiger partial charge in [-0.1, -0.05) is 18.2 Å². The molecule has 0 bridgehead atoms. The van der Waals surface area contributed by atoms with Gasteiger partial charge in [-0.05, 0) is 22.0 Å². The number of fused-ring (bicyclic) bond motifs is 1. The third-order valence-electron chi connectivity index (χ3n) is 2.86. The number of benzene rings is 1. The van der Waals surface area contributed by atoms with Crippen molar-refractivity contribution in [2.45, 2.75) is 12.8 Å². The number of H-pyrrole nitrogens is 1. The molecule has 0 spiro atoms. The Kier molecular flexibility index (Phi) is 4.68. The maximum Gasteiger partial charge on any atom is 0.396 e. The number of ether oxygens (including phenoxy) is 1. The van der Waals surface area contributed by atoms with E-state index in [9.17, 15) is 9.59 Å². The summed E-state index contributed by atoms with van der Waals surface area (Å²) in [5.74, 6) is -0.933. The minimum absolute atomic E-state index is 0.276. The first-order valence-electron chi connectivity index (χ1n) is 6.04. The monoisotopic (exact) mass is 337 g/mol. The molecular formula is C14H14BrN2O3+. The molecule has 0 saturated heterocycles. The third-order valence-corrected chi connectivity index (χ3v) is 3.54. The molecule has 0 aliphatic rings. The number of aromatic amines is 1. The number of carbonyl (C=O) groups is 2. The number of hydrogen-bond donors (Lipinski definition) is 2. The predicted octanol–water partition coefficient (Wildman–Crippen LogP) is 0.714. The molecule has 1 amide bonds. The molecule has 1 heterocycles. The highest BCUT2D eigenvalue weighted by molar-refractivity contribution is 9.10. The normalized spacial score (nSPS) is 11.1. The highest BCUT2D eigenvalue weighted by Crippen LogP contribution is 2.25. The minimum Gasteiger partial charge on any atom is -0.468 e. The number of methoxy groups -OCH3 is 1. The molecule has 0 radical (unpaired) electrons. The van der Waals surface area contributed by atoms with Crippen molar-refractivity contribution >= 4 is 44.9 Å². The van der Waals surface area contributed by atoms with Crippen molar-refractivity contribution in [3.05, 3.63) is 34.4 Å². The fourth-order valence-corrected chi connectivity index (χ4v) is 2.48. The van der Waals surface area contributed by atoms with Crippen LogP contribution >= 0.6 is 15.9 Å². The van der Waals surface area contributed by atoms with Gasteiger partial charge in [-0.15, -0.1) is 0 Å². The largest absolute Gasteiger partial charge is 0.468 e. The van der Waals surface area contributed by atoms with Gasteiger partial charge >= 0.3 is 11.9 Å². The molecule has 0 aliphatic carbocycles. The maximum atomic E-state index is 11.4. The maximum absolute atomic E-state index is 11.4. The quantitative estimate of drug-likeness (QED) is 0.490. The van der Waals surface area contributed by atoms with Gasteiger partial charge in [-0.3, -0.25) is 4.79 Å². The molecule has 20 heavy (non-hydrogen) atoms. The van der Waals surface area contributed by atoms with E-state index in [2.05, 4.69) is 30.6 Å². The van der Waals surface area contributed by atoms with Crippen LogP contribution in [0.25, 0.3) is 10.9 Å². The molecule has 6 heteroatoms. The van der Waals surface area contributed by atoms with Crippen molar-refractivity contribution in [2.75, 3.05) is 7.11 Å². The van der Waals surface area contributed by atoms with Crippen molar-refractivity contribution in [3.8, 4) is 0 Å². The lowest BCUT2D eigenvalue weighted by Gasteiger charge is -1.93. The van der Waals surface area contributed by atoms with Gasteiger partial charge in [0.25, 0.3) is 0 Å². The smallest absolute Gasteiger partial charge is 0.396 e. The van der Waals surface area contributed by atoms with Gasteiger partial charge in [0.2, 0.25) is 0 Å². The van der Waals surface area contributed by atoms with E-state index in [0.29, 0.717) is 6.42 Å². The van der Waals surface area contributed by atoms with Gasteiger partial charge in [0.05, 0.1) is 18.1 Å². The van der Waals surface area contributed by atoms with Crippen LogP contribution in [-0.4, -0.2) is 30.2 Å². The van der Waals surface area contributed by atoms with Gasteiger partial charge in [-0.2, -0.15) is 4.99 Å². The van der Waals surface area contributed by atoms with E-state index in [4.69, 9.17) is 0 Å². The lowest BCUT2D eigenvalue weighted by molar-refractivity contribution is -0.373.